The van der Waals surface area contributed by atoms with Crippen molar-refractivity contribution in [3.63, 3.8) is 0 Å². The highest BCUT2D eigenvalue weighted by molar-refractivity contribution is 4.97. The fraction of sp³-hybridized carbons (Fsp3) is 1.00. The Morgan fingerprint density at radius 3 is 0.947 bits per heavy atom. The van der Waals surface area contributed by atoms with E-state index in [1.807, 2.05) is 0 Å². The fourth-order valence-corrected chi connectivity index (χ4v) is 19.7. The summed E-state index contributed by atoms with van der Waals surface area (Å²) in [5.41, 5.74) is 3.80. The Labute approximate surface area is 605 Å². The first-order valence-electron chi connectivity index (χ1n) is 43.7. The number of fused-ring (bicyclic) bond motifs is 2. The molecule has 0 aliphatic heterocycles. The van der Waals surface area contributed by atoms with E-state index in [0.717, 1.165) is 147 Å². The maximum absolute atomic E-state index is 2.48. The normalized spacial score (nSPS) is 38.9. The second kappa shape index (κ2) is 42.1. The third-order valence-electron chi connectivity index (χ3n) is 32.5. The molecular formula is C95H188. The highest BCUT2D eigenvalue weighted by Crippen LogP contribution is 2.57. The summed E-state index contributed by atoms with van der Waals surface area (Å²) in [6.45, 7) is 80.8. The first kappa shape index (κ1) is 91.1. The van der Waals surface area contributed by atoms with Crippen molar-refractivity contribution in [2.45, 2.75) is 434 Å². The van der Waals surface area contributed by atoms with Crippen LogP contribution in [0.25, 0.3) is 0 Å². The summed E-state index contributed by atoms with van der Waals surface area (Å²) in [6.07, 6.45) is 45.5. The maximum atomic E-state index is 2.48. The van der Waals surface area contributed by atoms with Crippen LogP contribution in [0.1, 0.15) is 434 Å². The molecule has 0 amide bonds. The maximum Gasteiger partial charge on any atom is -0.0297 e. The van der Waals surface area contributed by atoms with E-state index in [9.17, 15) is 0 Å². The quantitative estimate of drug-likeness (QED) is 0.264. The van der Waals surface area contributed by atoms with Crippen LogP contribution in [0.2, 0.25) is 0 Å². The van der Waals surface area contributed by atoms with Crippen molar-refractivity contribution in [3.05, 3.63) is 0 Å². The number of hydrogen-bond acceptors (Lipinski definition) is 0. The van der Waals surface area contributed by atoms with E-state index in [0.29, 0.717) is 27.1 Å². The Morgan fingerprint density at radius 1 is 0.337 bits per heavy atom. The molecule has 12 rings (SSSR count). The molecule has 0 aromatic rings. The molecule has 2 bridgehead atoms. The highest BCUT2D eigenvalue weighted by Gasteiger charge is 2.46. The van der Waals surface area contributed by atoms with Crippen LogP contribution >= 0.6 is 0 Å². The second-order valence-electron chi connectivity index (χ2n) is 43.2. The van der Waals surface area contributed by atoms with E-state index in [4.69, 9.17) is 0 Å². The molecule has 0 spiro atoms. The average molecular weight is 1330 g/mol. The lowest BCUT2D eigenvalue weighted by Gasteiger charge is -2.47. The molecule has 0 nitrogen and oxygen atoms in total. The molecule has 0 saturated heterocycles. The van der Waals surface area contributed by atoms with Crippen molar-refractivity contribution < 1.29 is 0 Å². The zero-order chi connectivity index (χ0) is 72.8. The Morgan fingerprint density at radius 2 is 0.747 bits per heavy atom. The predicted molar refractivity (Wildman–Crippen MR) is 434 cm³/mol. The number of hydrogen-bond donors (Lipinski definition) is 0. The van der Waals surface area contributed by atoms with Gasteiger partial charge in [0.25, 0.3) is 0 Å². The van der Waals surface area contributed by atoms with Crippen LogP contribution in [0.4, 0.5) is 0 Å². The van der Waals surface area contributed by atoms with Gasteiger partial charge in [0.1, 0.15) is 0 Å². The van der Waals surface area contributed by atoms with Crippen LogP contribution in [-0.4, -0.2) is 0 Å². The van der Waals surface area contributed by atoms with Crippen molar-refractivity contribution in [2.24, 2.45) is 175 Å². The van der Waals surface area contributed by atoms with Gasteiger partial charge in [-0.2, -0.15) is 0 Å². The largest absolute Gasteiger partial charge is 0.0651 e. The topological polar surface area (TPSA) is 0 Å². The van der Waals surface area contributed by atoms with E-state index in [1.165, 1.54) is 199 Å². The van der Waals surface area contributed by atoms with Gasteiger partial charge in [-0.25, -0.2) is 0 Å². The molecule has 95 heavy (non-hydrogen) atoms. The smallest absolute Gasteiger partial charge is 0.0297 e. The van der Waals surface area contributed by atoms with E-state index in [-0.39, 0.29) is 0 Å². The van der Waals surface area contributed by atoms with Crippen molar-refractivity contribution in [1.82, 2.24) is 0 Å². The molecule has 0 aromatic heterocycles. The lowest BCUT2D eigenvalue weighted by atomic mass is 9.58. The van der Waals surface area contributed by atoms with Crippen molar-refractivity contribution in [3.8, 4) is 0 Å². The zero-order valence-electron chi connectivity index (χ0n) is 72.8. The fourth-order valence-electron chi connectivity index (χ4n) is 19.7. The van der Waals surface area contributed by atoms with E-state index < -0.39 is 0 Å². The molecule has 0 N–H and O–H groups in total. The van der Waals surface area contributed by atoms with Crippen molar-refractivity contribution in [2.75, 3.05) is 0 Å². The summed E-state index contributed by atoms with van der Waals surface area (Å²) in [5.74, 6) is 23.9. The highest BCUT2D eigenvalue weighted by atomic mass is 14.5. The minimum absolute atomic E-state index is 0.571. The molecule has 568 valence electrons. The van der Waals surface area contributed by atoms with E-state index >= 15 is 0 Å². The van der Waals surface area contributed by atoms with Gasteiger partial charge in [0.05, 0.1) is 0 Å². The summed E-state index contributed by atoms with van der Waals surface area (Å²) in [7, 11) is 0. The molecule has 0 radical (unpaired) electrons. The van der Waals surface area contributed by atoms with Gasteiger partial charge >= 0.3 is 0 Å². The van der Waals surface area contributed by atoms with Crippen molar-refractivity contribution >= 4 is 0 Å². The summed E-state index contributed by atoms with van der Waals surface area (Å²) in [5, 5.41) is 0. The third kappa shape index (κ3) is 31.9. The molecule has 0 heterocycles. The Bertz CT molecular complexity index is 1830. The van der Waals surface area contributed by atoms with E-state index in [2.05, 4.69) is 235 Å². The Kier molecular flexibility index (Phi) is 40.3. The van der Waals surface area contributed by atoms with Gasteiger partial charge in [-0.05, 0) is 271 Å². The SMILES string of the molecule is CC(C)(C)C1CCC1.CC1C(C)(C)CCCC1(C)C.CC1C(C)C(C)C1C.CC1CC(C(C)C)C1.CC1CC(C)[C@@H](C)C1.CC1CCC(C)(C)CC1.CC1CCC(C)C1C.CC1CCCC(C)C1C.CCC(C)C1CCC1.C[C@@H]1CCCCC1(C)C.C[C@H]1CC2CCC1(C)C2. The van der Waals surface area contributed by atoms with Crippen LogP contribution in [-0.2, 0) is 0 Å². The molecule has 0 heteroatoms. The van der Waals surface area contributed by atoms with Crippen LogP contribution in [0.15, 0.2) is 0 Å². The molecule has 12 fully saturated rings. The third-order valence-corrected chi connectivity index (χ3v) is 32.5. The Hall–Kier alpha value is 0. The lowest BCUT2D eigenvalue weighted by Crippen LogP contribution is -2.39. The molecule has 12 aliphatic rings. The first-order chi connectivity index (χ1) is 43.7. The summed E-state index contributed by atoms with van der Waals surface area (Å²) >= 11 is 0. The van der Waals surface area contributed by atoms with Gasteiger partial charge < -0.3 is 0 Å². The average Bonchev–Trinajstić information content (AvgIpc) is 1.73. The van der Waals surface area contributed by atoms with Crippen LogP contribution in [0, 0.1) is 175 Å². The molecule has 12 atom stereocenters. The summed E-state index contributed by atoms with van der Waals surface area (Å²) < 4.78 is 0. The van der Waals surface area contributed by atoms with Crippen LogP contribution in [0.3, 0.4) is 0 Å². The van der Waals surface area contributed by atoms with Gasteiger partial charge in [-0.3, -0.25) is 0 Å². The Balaban J connectivity index is 0.000000356. The molecule has 0 aromatic carbocycles. The number of rotatable bonds is 3. The zero-order valence-corrected chi connectivity index (χ0v) is 72.8. The first-order valence-corrected chi connectivity index (χ1v) is 43.7. The molecular weight excluding hydrogens is 1140 g/mol. The van der Waals surface area contributed by atoms with Crippen LogP contribution < -0.4 is 0 Å². The lowest BCUT2D eigenvalue weighted by molar-refractivity contribution is 0.0286. The van der Waals surface area contributed by atoms with Gasteiger partial charge in [-0.1, -0.05) is 338 Å². The summed E-state index contributed by atoms with van der Waals surface area (Å²) in [6, 6.07) is 0. The van der Waals surface area contributed by atoms with Gasteiger partial charge in [-0.15, -0.1) is 0 Å². The molecule has 9 unspecified atom stereocenters. The van der Waals surface area contributed by atoms with Gasteiger partial charge in [0.15, 0.2) is 0 Å². The van der Waals surface area contributed by atoms with Gasteiger partial charge in [0, 0.05) is 0 Å². The standard InChI is InChI=1S/C11H22.C9H16.3C9H18.6C8H16/c1-9-10(2,3)7-6-8-11(9,4)5;1-7-5-8-3-4-9(7,2)6-8;1-8-4-6-9(2,3)7-5-8;1-8-6-4-5-7-9(8,2)3;1-7-5-4-6-8(2)9(7)3;1-6-4-7(2)8(3)5-6;1-6(2)8-4-7(3)5-8;1-8(2,3)7-5-4-6-7;1-6-4-5-7(2)8(6)3;1-5-6(2)8(4)7(5)3;1-3-7(2)8-5-4-6-8/h9H,6-8H2,1-5H3;7-8H,3-6H2,1-2H3;2*8H,4-7H2,1-3H3;7-9H,4-6H2,1-3H3;2*6-8H,4-5H2,1-3H3;7H,4-6H2,1-3H3;6-8H,4-5H2,1-3H3;5-8H,1-4H3;7-8H,3-6H2,1-2H3/t;7-,8?,9?;;8-;;6?,7-,8?;;;;;/m.0.1.0...../s1. The minimum Gasteiger partial charge on any atom is -0.0651 e. The molecule has 12 aliphatic carbocycles. The molecule has 12 saturated carbocycles. The second-order valence-corrected chi connectivity index (χ2v) is 43.2. The van der Waals surface area contributed by atoms with E-state index in [1.54, 1.807) is 0 Å². The van der Waals surface area contributed by atoms with Crippen LogP contribution in [0.5, 0.6) is 0 Å². The van der Waals surface area contributed by atoms with Gasteiger partial charge in [0.2, 0.25) is 0 Å². The summed E-state index contributed by atoms with van der Waals surface area (Å²) in [4.78, 5) is 0. The minimum atomic E-state index is 0.571. The monoisotopic (exact) mass is 1330 g/mol. The predicted octanol–water partition coefficient (Wildman–Crippen LogP) is 32.5. The van der Waals surface area contributed by atoms with Crippen molar-refractivity contribution in [1.29, 1.82) is 0 Å².